The van der Waals surface area contributed by atoms with Crippen LogP contribution >= 0.6 is 0 Å². The van der Waals surface area contributed by atoms with Crippen molar-refractivity contribution in [2.75, 3.05) is 6.61 Å². The molecule has 1 unspecified atom stereocenters. The van der Waals surface area contributed by atoms with Crippen LogP contribution in [0, 0.1) is 0 Å². The molecule has 0 aliphatic rings. The number of phenolic OH excluding ortho intramolecular Hbond substituents is 2. The third-order valence-corrected chi connectivity index (χ3v) is 3.75. The molecule has 1 atom stereocenters. The number of esters is 2. The van der Waals surface area contributed by atoms with Gasteiger partial charge >= 0.3 is 11.9 Å². The number of hydrogen-bond donors (Lipinski definition) is 2. The van der Waals surface area contributed by atoms with E-state index >= 15 is 0 Å². The average molecular weight is 376 g/mol. The number of rotatable bonds is 9. The summed E-state index contributed by atoms with van der Waals surface area (Å²) in [6, 6.07) is 11.1. The predicted molar refractivity (Wildman–Crippen MR) is 95.3 cm³/mol. The molecule has 0 amide bonds. The van der Waals surface area contributed by atoms with Crippen LogP contribution in [0.15, 0.2) is 48.5 Å². The van der Waals surface area contributed by atoms with Crippen LogP contribution in [-0.4, -0.2) is 35.1 Å². The average Bonchev–Trinajstić information content (AvgIpc) is 2.65. The van der Waals surface area contributed by atoms with Gasteiger partial charge in [-0.1, -0.05) is 0 Å². The molecule has 2 N–H and O–H groups in total. The lowest BCUT2D eigenvalue weighted by Crippen LogP contribution is -2.14. The largest absolute Gasteiger partial charge is 0.508 e. The van der Waals surface area contributed by atoms with Gasteiger partial charge in [-0.2, -0.15) is 0 Å². The van der Waals surface area contributed by atoms with Gasteiger partial charge in [0.15, 0.2) is 0 Å². The van der Waals surface area contributed by atoms with Crippen molar-refractivity contribution in [3.8, 4) is 11.5 Å². The van der Waals surface area contributed by atoms with Crippen LogP contribution in [0.5, 0.6) is 11.5 Å². The molecule has 27 heavy (non-hydrogen) atoms. The Bertz CT molecular complexity index is 742. The normalized spacial score (nSPS) is 11.6. The maximum atomic E-state index is 13.7. The molecule has 0 fully saturated rings. The van der Waals surface area contributed by atoms with Gasteiger partial charge in [-0.05, 0) is 67.8 Å². The van der Waals surface area contributed by atoms with Crippen molar-refractivity contribution in [1.82, 2.24) is 0 Å². The third-order valence-electron chi connectivity index (χ3n) is 3.75. The second kappa shape index (κ2) is 10.2. The number of carbonyl (C=O) groups excluding carboxylic acids is 2. The van der Waals surface area contributed by atoms with E-state index in [0.717, 1.165) is 0 Å². The second-order valence-electron chi connectivity index (χ2n) is 5.89. The highest BCUT2D eigenvalue weighted by molar-refractivity contribution is 5.90. The molecule has 7 heteroatoms. The van der Waals surface area contributed by atoms with Gasteiger partial charge in [0.05, 0.1) is 17.7 Å². The molecule has 2 aromatic rings. The minimum Gasteiger partial charge on any atom is -0.508 e. The van der Waals surface area contributed by atoms with E-state index in [0.29, 0.717) is 24.8 Å². The molecule has 0 saturated heterocycles. The first-order chi connectivity index (χ1) is 13.0. The molecule has 0 aliphatic carbocycles. The number of benzene rings is 2. The molecule has 0 saturated carbocycles. The van der Waals surface area contributed by atoms with Crippen LogP contribution in [0.2, 0.25) is 0 Å². The Morgan fingerprint density at radius 2 is 1.33 bits per heavy atom. The van der Waals surface area contributed by atoms with Crippen molar-refractivity contribution in [3.63, 3.8) is 0 Å². The Labute approximate surface area is 156 Å². The first kappa shape index (κ1) is 20.2. The highest BCUT2D eigenvalue weighted by atomic mass is 19.1. The zero-order valence-electron chi connectivity index (χ0n) is 14.6. The Hall–Kier alpha value is -3.09. The number of alkyl halides is 1. The van der Waals surface area contributed by atoms with E-state index in [4.69, 9.17) is 19.7 Å². The van der Waals surface area contributed by atoms with Crippen LogP contribution in [0.4, 0.5) is 4.39 Å². The standard InChI is InChI=1S/C20H21FO6/c21-18(27-20(25)15-7-11-17(23)12-8-15)4-2-1-3-13-26-19(24)14-5-9-16(22)10-6-14/h5-12,18,22-23H,1-4,13H2. The van der Waals surface area contributed by atoms with Gasteiger partial charge in [-0.25, -0.2) is 14.0 Å². The topological polar surface area (TPSA) is 93.1 Å². The van der Waals surface area contributed by atoms with E-state index in [-0.39, 0.29) is 30.1 Å². The van der Waals surface area contributed by atoms with Crippen LogP contribution in [-0.2, 0) is 9.47 Å². The smallest absolute Gasteiger partial charge is 0.340 e. The molecule has 0 spiro atoms. The number of phenols is 2. The van der Waals surface area contributed by atoms with Crippen LogP contribution in [0.25, 0.3) is 0 Å². The highest BCUT2D eigenvalue weighted by Crippen LogP contribution is 2.15. The molecule has 2 rings (SSSR count). The van der Waals surface area contributed by atoms with Gasteiger partial charge in [0.1, 0.15) is 11.5 Å². The molecule has 6 nitrogen and oxygen atoms in total. The van der Waals surface area contributed by atoms with Gasteiger partial charge < -0.3 is 19.7 Å². The summed E-state index contributed by atoms with van der Waals surface area (Å²) >= 11 is 0. The fraction of sp³-hybridized carbons (Fsp3) is 0.300. The number of aromatic hydroxyl groups is 2. The summed E-state index contributed by atoms with van der Waals surface area (Å²) in [5.41, 5.74) is 0.509. The number of hydrogen-bond acceptors (Lipinski definition) is 6. The monoisotopic (exact) mass is 376 g/mol. The summed E-state index contributed by atoms with van der Waals surface area (Å²) < 4.78 is 23.5. The maximum Gasteiger partial charge on any atom is 0.340 e. The molecule has 0 radical (unpaired) electrons. The number of ether oxygens (including phenoxy) is 2. The molecule has 0 bridgehead atoms. The van der Waals surface area contributed by atoms with Crippen molar-refractivity contribution >= 4 is 11.9 Å². The Balaban J connectivity index is 1.58. The summed E-state index contributed by atoms with van der Waals surface area (Å²) in [7, 11) is 0. The van der Waals surface area contributed by atoms with Gasteiger partial charge in [0.25, 0.3) is 0 Å². The van der Waals surface area contributed by atoms with Crippen LogP contribution in [0.3, 0.4) is 0 Å². The summed E-state index contributed by atoms with van der Waals surface area (Å²) in [6.07, 6.45) is -0.0233. The lowest BCUT2D eigenvalue weighted by atomic mass is 10.2. The first-order valence-corrected chi connectivity index (χ1v) is 8.56. The summed E-state index contributed by atoms with van der Waals surface area (Å²) in [4.78, 5) is 23.5. The number of halogens is 1. The molecule has 0 aliphatic heterocycles. The summed E-state index contributed by atoms with van der Waals surface area (Å²) in [5, 5.41) is 18.3. The second-order valence-corrected chi connectivity index (χ2v) is 5.89. The SMILES string of the molecule is O=C(OCCCCCC(F)OC(=O)c1ccc(O)cc1)c1ccc(O)cc1. The van der Waals surface area contributed by atoms with Crippen molar-refractivity contribution in [1.29, 1.82) is 0 Å². The lowest BCUT2D eigenvalue weighted by Gasteiger charge is -2.10. The zero-order chi connectivity index (χ0) is 19.6. The third kappa shape index (κ3) is 6.97. The zero-order valence-corrected chi connectivity index (χ0v) is 14.6. The Morgan fingerprint density at radius 3 is 1.89 bits per heavy atom. The van der Waals surface area contributed by atoms with E-state index in [1.54, 1.807) is 0 Å². The van der Waals surface area contributed by atoms with Gasteiger partial charge in [0, 0.05) is 6.42 Å². The van der Waals surface area contributed by atoms with Crippen molar-refractivity contribution < 1.29 is 33.7 Å². The van der Waals surface area contributed by atoms with E-state index in [1.165, 1.54) is 48.5 Å². The van der Waals surface area contributed by atoms with E-state index in [9.17, 15) is 14.0 Å². The summed E-state index contributed by atoms with van der Waals surface area (Å²) in [6.45, 7) is 0.198. The van der Waals surface area contributed by atoms with Crippen LogP contribution in [0.1, 0.15) is 46.4 Å². The minimum atomic E-state index is -1.72. The van der Waals surface area contributed by atoms with E-state index in [2.05, 4.69) is 0 Å². The van der Waals surface area contributed by atoms with E-state index in [1.807, 2.05) is 0 Å². The first-order valence-electron chi connectivity index (χ1n) is 8.56. The molecule has 144 valence electrons. The van der Waals surface area contributed by atoms with Crippen molar-refractivity contribution in [2.45, 2.75) is 32.0 Å². The fourth-order valence-electron chi connectivity index (χ4n) is 2.27. The number of unbranched alkanes of at least 4 members (excludes halogenated alkanes) is 2. The van der Waals surface area contributed by atoms with Gasteiger partial charge in [0.2, 0.25) is 6.36 Å². The van der Waals surface area contributed by atoms with Gasteiger partial charge in [-0.15, -0.1) is 0 Å². The van der Waals surface area contributed by atoms with Crippen molar-refractivity contribution in [3.05, 3.63) is 59.7 Å². The molecule has 0 aromatic heterocycles. The minimum absolute atomic E-state index is 0.00876. The molecular weight excluding hydrogens is 355 g/mol. The van der Waals surface area contributed by atoms with Crippen molar-refractivity contribution in [2.24, 2.45) is 0 Å². The van der Waals surface area contributed by atoms with E-state index < -0.39 is 18.3 Å². The highest BCUT2D eigenvalue weighted by Gasteiger charge is 2.14. The predicted octanol–water partition coefficient (Wildman–Crippen LogP) is 3.97. The quantitative estimate of drug-likeness (QED) is 0.508. The number of carbonyl (C=O) groups is 2. The molecule has 2 aromatic carbocycles. The maximum absolute atomic E-state index is 13.7. The Morgan fingerprint density at radius 1 is 0.815 bits per heavy atom. The Kier molecular flexibility index (Phi) is 7.61. The molecule has 0 heterocycles. The van der Waals surface area contributed by atoms with Gasteiger partial charge in [-0.3, -0.25) is 0 Å². The molecular formula is C20H21FO6. The fourth-order valence-corrected chi connectivity index (χ4v) is 2.27. The summed E-state index contributed by atoms with van der Waals surface area (Å²) in [5.74, 6) is -1.19. The lowest BCUT2D eigenvalue weighted by molar-refractivity contribution is -0.0198. The van der Waals surface area contributed by atoms with Crippen LogP contribution < -0.4 is 0 Å².